The molecule has 3 aromatic rings. The molecule has 1 heterocycles. The number of hydrogen-bond acceptors (Lipinski definition) is 5. The van der Waals surface area contributed by atoms with Gasteiger partial charge in [0.1, 0.15) is 0 Å². The monoisotopic (exact) mass is 446 g/mol. The van der Waals surface area contributed by atoms with E-state index in [1.54, 1.807) is 10.9 Å². The number of benzene rings is 2. The maximum atomic E-state index is 13.5. The van der Waals surface area contributed by atoms with Gasteiger partial charge in [0.25, 0.3) is 5.91 Å². The van der Waals surface area contributed by atoms with Crippen LogP contribution in [-0.4, -0.2) is 40.7 Å². The van der Waals surface area contributed by atoms with Gasteiger partial charge in [-0.1, -0.05) is 18.2 Å². The predicted octanol–water partition coefficient (Wildman–Crippen LogP) is 2.13. The number of aromatic nitrogens is 2. The summed E-state index contributed by atoms with van der Waals surface area (Å²) in [4.78, 5) is 35.4. The molecular weight excluding hydrogens is 429 g/mol. The van der Waals surface area contributed by atoms with E-state index >= 15 is 0 Å². The Morgan fingerprint density at radius 2 is 1.72 bits per heavy atom. The van der Waals surface area contributed by atoms with E-state index in [0.717, 1.165) is 11.8 Å². The number of para-hydroxylation sites is 1. The molecule has 0 saturated carbocycles. The van der Waals surface area contributed by atoms with Crippen LogP contribution in [0.5, 0.6) is 0 Å². The molecule has 2 aromatic carbocycles. The average molecular weight is 446 g/mol. The molecular formula is C21H17F3N4O4. The summed E-state index contributed by atoms with van der Waals surface area (Å²) in [6.45, 7) is -1.24. The summed E-state index contributed by atoms with van der Waals surface area (Å²) in [5.41, 5.74) is 0.811. The SMILES string of the molecule is O=C(COC(=O)Cc1cnn(-c2ccccc2)c1)NCC(=O)Nc1ccc(F)c(F)c1F. The zero-order valence-corrected chi connectivity index (χ0v) is 16.5. The van der Waals surface area contributed by atoms with Crippen LogP contribution in [0, 0.1) is 17.5 Å². The molecule has 32 heavy (non-hydrogen) atoms. The van der Waals surface area contributed by atoms with Crippen molar-refractivity contribution in [2.45, 2.75) is 6.42 Å². The van der Waals surface area contributed by atoms with Crippen molar-refractivity contribution >= 4 is 23.5 Å². The highest BCUT2D eigenvalue weighted by Gasteiger charge is 2.16. The minimum atomic E-state index is -1.73. The molecule has 0 unspecified atom stereocenters. The highest BCUT2D eigenvalue weighted by molar-refractivity contribution is 5.95. The van der Waals surface area contributed by atoms with Crippen LogP contribution in [0.3, 0.4) is 0 Å². The predicted molar refractivity (Wildman–Crippen MR) is 106 cm³/mol. The quantitative estimate of drug-likeness (QED) is 0.408. The third-order valence-corrected chi connectivity index (χ3v) is 4.12. The van der Waals surface area contributed by atoms with Gasteiger partial charge in [-0.2, -0.15) is 5.10 Å². The van der Waals surface area contributed by atoms with E-state index in [-0.39, 0.29) is 6.42 Å². The lowest BCUT2D eigenvalue weighted by Gasteiger charge is -2.09. The van der Waals surface area contributed by atoms with Crippen molar-refractivity contribution in [3.8, 4) is 5.69 Å². The number of rotatable bonds is 8. The number of esters is 1. The standard InChI is InChI=1S/C21H17F3N4O4/c22-15-6-7-16(21(24)20(15)23)27-17(29)10-25-18(30)12-32-19(31)8-13-9-26-28(11-13)14-4-2-1-3-5-14/h1-7,9,11H,8,10,12H2,(H,25,30)(H,27,29). The van der Waals surface area contributed by atoms with Crippen molar-refractivity contribution < 1.29 is 32.3 Å². The molecule has 0 aliphatic carbocycles. The number of hydrogen-bond donors (Lipinski definition) is 2. The Morgan fingerprint density at radius 3 is 2.47 bits per heavy atom. The van der Waals surface area contributed by atoms with E-state index in [1.165, 1.54) is 6.20 Å². The topological polar surface area (TPSA) is 102 Å². The Morgan fingerprint density at radius 1 is 0.969 bits per heavy atom. The minimum Gasteiger partial charge on any atom is -0.455 e. The molecule has 0 aliphatic rings. The number of anilines is 1. The van der Waals surface area contributed by atoms with Gasteiger partial charge >= 0.3 is 5.97 Å². The first-order valence-electron chi connectivity index (χ1n) is 9.28. The third-order valence-electron chi connectivity index (χ3n) is 4.12. The number of carbonyl (C=O) groups excluding carboxylic acids is 3. The molecule has 0 radical (unpaired) electrons. The molecule has 8 nitrogen and oxygen atoms in total. The lowest BCUT2D eigenvalue weighted by molar-refractivity contribution is -0.147. The summed E-state index contributed by atoms with van der Waals surface area (Å²) in [5.74, 6) is -7.03. The molecule has 0 saturated heterocycles. The molecule has 3 rings (SSSR count). The number of amides is 2. The molecule has 11 heteroatoms. The normalized spacial score (nSPS) is 10.5. The Hall–Kier alpha value is -4.15. The summed E-state index contributed by atoms with van der Waals surface area (Å²) < 4.78 is 46.0. The average Bonchev–Trinajstić information content (AvgIpc) is 3.25. The molecule has 0 spiro atoms. The fourth-order valence-electron chi connectivity index (χ4n) is 2.58. The largest absolute Gasteiger partial charge is 0.455 e. The molecule has 166 valence electrons. The van der Waals surface area contributed by atoms with Gasteiger partial charge in [0.2, 0.25) is 5.91 Å². The molecule has 0 fully saturated rings. The lowest BCUT2D eigenvalue weighted by atomic mass is 10.2. The van der Waals surface area contributed by atoms with Crippen LogP contribution in [0.2, 0.25) is 0 Å². The first-order valence-corrected chi connectivity index (χ1v) is 9.28. The van der Waals surface area contributed by atoms with Crippen molar-refractivity contribution in [2.24, 2.45) is 0 Å². The second-order valence-electron chi connectivity index (χ2n) is 6.51. The highest BCUT2D eigenvalue weighted by atomic mass is 19.2. The number of ether oxygens (including phenoxy) is 1. The smallest absolute Gasteiger partial charge is 0.310 e. The molecule has 0 bridgehead atoms. The van der Waals surface area contributed by atoms with Crippen molar-refractivity contribution in [1.29, 1.82) is 0 Å². The summed E-state index contributed by atoms with van der Waals surface area (Å²) in [7, 11) is 0. The zero-order valence-electron chi connectivity index (χ0n) is 16.5. The van der Waals surface area contributed by atoms with Gasteiger partial charge in [-0.3, -0.25) is 14.4 Å². The van der Waals surface area contributed by atoms with Gasteiger partial charge in [-0.15, -0.1) is 0 Å². The first kappa shape index (κ1) is 22.5. The van der Waals surface area contributed by atoms with E-state index < -0.39 is 54.1 Å². The summed E-state index contributed by atoms with van der Waals surface area (Å²) in [6.07, 6.45) is 3.03. The van der Waals surface area contributed by atoms with Crippen LogP contribution < -0.4 is 10.6 Å². The van der Waals surface area contributed by atoms with Gasteiger partial charge in [0.05, 0.1) is 30.5 Å². The summed E-state index contributed by atoms with van der Waals surface area (Å²) >= 11 is 0. The minimum absolute atomic E-state index is 0.115. The Bertz CT molecular complexity index is 1140. The van der Waals surface area contributed by atoms with Crippen LogP contribution in [0.25, 0.3) is 5.69 Å². The van der Waals surface area contributed by atoms with Gasteiger partial charge in [0.15, 0.2) is 24.1 Å². The number of nitrogens with zero attached hydrogens (tertiary/aromatic N) is 2. The van der Waals surface area contributed by atoms with Crippen LogP contribution in [-0.2, 0) is 25.5 Å². The molecule has 1 aromatic heterocycles. The second-order valence-corrected chi connectivity index (χ2v) is 6.51. The maximum Gasteiger partial charge on any atom is 0.310 e. The van der Waals surface area contributed by atoms with Gasteiger partial charge in [-0.05, 0) is 24.3 Å². The van der Waals surface area contributed by atoms with Crippen molar-refractivity contribution in [3.63, 3.8) is 0 Å². The van der Waals surface area contributed by atoms with E-state index in [1.807, 2.05) is 35.6 Å². The van der Waals surface area contributed by atoms with E-state index in [4.69, 9.17) is 4.74 Å². The molecule has 0 aliphatic heterocycles. The van der Waals surface area contributed by atoms with E-state index in [9.17, 15) is 27.6 Å². The van der Waals surface area contributed by atoms with Crippen molar-refractivity contribution in [3.05, 3.63) is 77.9 Å². The zero-order chi connectivity index (χ0) is 23.1. The van der Waals surface area contributed by atoms with Crippen LogP contribution >= 0.6 is 0 Å². The number of halogens is 3. The van der Waals surface area contributed by atoms with Gasteiger partial charge in [0, 0.05) is 11.8 Å². The summed E-state index contributed by atoms with van der Waals surface area (Å²) in [6, 6.07) is 10.7. The van der Waals surface area contributed by atoms with Gasteiger partial charge < -0.3 is 15.4 Å². The van der Waals surface area contributed by atoms with Crippen LogP contribution in [0.1, 0.15) is 5.56 Å². The Kier molecular flexibility index (Phi) is 7.21. The Labute approximate surface area is 180 Å². The highest BCUT2D eigenvalue weighted by Crippen LogP contribution is 2.19. The van der Waals surface area contributed by atoms with Gasteiger partial charge in [-0.25, -0.2) is 17.9 Å². The molecule has 0 atom stereocenters. The first-order chi connectivity index (χ1) is 15.3. The summed E-state index contributed by atoms with van der Waals surface area (Å²) in [5, 5.41) is 8.30. The number of nitrogens with one attached hydrogen (secondary N) is 2. The fraction of sp³-hybridized carbons (Fsp3) is 0.143. The number of carbonyl (C=O) groups is 3. The van der Waals surface area contributed by atoms with Crippen LogP contribution in [0.15, 0.2) is 54.9 Å². The van der Waals surface area contributed by atoms with Crippen molar-refractivity contribution in [1.82, 2.24) is 15.1 Å². The van der Waals surface area contributed by atoms with Crippen molar-refractivity contribution in [2.75, 3.05) is 18.5 Å². The fourth-order valence-corrected chi connectivity index (χ4v) is 2.58. The second kappa shape index (κ2) is 10.2. The van der Waals surface area contributed by atoms with E-state index in [2.05, 4.69) is 10.4 Å². The maximum absolute atomic E-state index is 13.5. The lowest BCUT2D eigenvalue weighted by Crippen LogP contribution is -2.35. The third kappa shape index (κ3) is 5.94. The molecule has 2 amide bonds. The molecule has 2 N–H and O–H groups in total. The Balaban J connectivity index is 1.40. The van der Waals surface area contributed by atoms with E-state index in [0.29, 0.717) is 11.6 Å². The van der Waals surface area contributed by atoms with Crippen LogP contribution in [0.4, 0.5) is 18.9 Å².